The fraction of sp³-hybridized carbons (Fsp3) is 0.0667. The predicted molar refractivity (Wildman–Crippen MR) is 79.1 cm³/mol. The van der Waals surface area contributed by atoms with Crippen molar-refractivity contribution in [3.63, 3.8) is 0 Å². The average Bonchev–Trinajstić information content (AvgIpc) is 2.38. The van der Waals surface area contributed by atoms with E-state index in [-0.39, 0.29) is 5.95 Å². The molecule has 3 rings (SSSR count). The Bertz CT molecular complexity index is 748. The van der Waals surface area contributed by atoms with Crippen LogP contribution in [0.1, 0.15) is 5.69 Å². The molecule has 3 aromatic rings. The maximum Gasteiger partial charge on any atom is 0.220 e. The van der Waals surface area contributed by atoms with Crippen LogP contribution < -0.4 is 5.73 Å². The zero-order valence-corrected chi connectivity index (χ0v) is 11.1. The molecule has 0 bridgehead atoms. The van der Waals surface area contributed by atoms with E-state index in [1.54, 1.807) is 0 Å². The second kappa shape index (κ2) is 4.52. The highest BCUT2D eigenvalue weighted by Crippen LogP contribution is 2.32. The van der Waals surface area contributed by atoms with E-state index in [9.17, 15) is 0 Å². The topological polar surface area (TPSA) is 51.8 Å². The minimum absolute atomic E-state index is 0.286. The summed E-state index contributed by atoms with van der Waals surface area (Å²) in [6, 6.07) is 13.8. The first-order valence-electron chi connectivity index (χ1n) is 5.94. The number of rotatable bonds is 1. The van der Waals surface area contributed by atoms with Gasteiger partial charge in [0.15, 0.2) is 0 Å². The Balaban J connectivity index is 2.34. The molecule has 0 spiro atoms. The number of hydrogen-bond acceptors (Lipinski definition) is 3. The van der Waals surface area contributed by atoms with Crippen molar-refractivity contribution in [1.29, 1.82) is 0 Å². The zero-order chi connectivity index (χ0) is 13.4. The summed E-state index contributed by atoms with van der Waals surface area (Å²) in [6.45, 7) is 1.90. The van der Waals surface area contributed by atoms with Gasteiger partial charge in [0.1, 0.15) is 0 Å². The van der Waals surface area contributed by atoms with Gasteiger partial charge in [-0.05, 0) is 24.4 Å². The van der Waals surface area contributed by atoms with Crippen LogP contribution in [0.5, 0.6) is 0 Å². The number of nitrogens with two attached hydrogens (primary N) is 1. The quantitative estimate of drug-likeness (QED) is 0.730. The summed E-state index contributed by atoms with van der Waals surface area (Å²) in [5, 5.41) is 2.81. The van der Waals surface area contributed by atoms with Crippen molar-refractivity contribution in [3.05, 3.63) is 53.2 Å². The second-order valence-corrected chi connectivity index (χ2v) is 4.80. The monoisotopic (exact) mass is 269 g/mol. The summed E-state index contributed by atoms with van der Waals surface area (Å²) < 4.78 is 0. The molecule has 1 heterocycles. The lowest BCUT2D eigenvalue weighted by atomic mass is 10.0. The van der Waals surface area contributed by atoms with Gasteiger partial charge >= 0.3 is 0 Å². The van der Waals surface area contributed by atoms with Crippen LogP contribution in [-0.2, 0) is 0 Å². The van der Waals surface area contributed by atoms with Crippen LogP contribution >= 0.6 is 11.6 Å². The SMILES string of the molecule is Cc1cc(-c2ccc(Cl)c3ccccc23)nc(N)n1. The Morgan fingerprint density at radius 3 is 2.47 bits per heavy atom. The van der Waals surface area contributed by atoms with E-state index < -0.39 is 0 Å². The highest BCUT2D eigenvalue weighted by molar-refractivity contribution is 6.36. The number of aryl methyl sites for hydroxylation is 1. The molecule has 94 valence electrons. The van der Waals surface area contributed by atoms with Crippen LogP contribution in [0.15, 0.2) is 42.5 Å². The molecule has 19 heavy (non-hydrogen) atoms. The highest BCUT2D eigenvalue weighted by Gasteiger charge is 2.08. The Kier molecular flexibility index (Phi) is 2.84. The lowest BCUT2D eigenvalue weighted by Crippen LogP contribution is -1.98. The van der Waals surface area contributed by atoms with Crippen molar-refractivity contribution in [2.24, 2.45) is 0 Å². The molecular weight excluding hydrogens is 258 g/mol. The molecule has 2 aromatic carbocycles. The van der Waals surface area contributed by atoms with Crippen LogP contribution in [0, 0.1) is 6.92 Å². The fourth-order valence-electron chi connectivity index (χ4n) is 2.22. The van der Waals surface area contributed by atoms with Crippen molar-refractivity contribution in [2.45, 2.75) is 6.92 Å². The first-order valence-corrected chi connectivity index (χ1v) is 6.32. The predicted octanol–water partition coefficient (Wildman–Crippen LogP) is 3.84. The first-order chi connectivity index (χ1) is 9.15. The lowest BCUT2D eigenvalue weighted by molar-refractivity contribution is 1.12. The molecule has 0 atom stereocenters. The van der Waals surface area contributed by atoms with Crippen LogP contribution in [0.3, 0.4) is 0 Å². The standard InChI is InChI=1S/C15H12ClN3/c1-9-8-14(19-15(17)18-9)12-6-7-13(16)11-5-3-2-4-10(11)12/h2-8H,1H3,(H2,17,18,19). The molecule has 0 saturated heterocycles. The van der Waals surface area contributed by atoms with Gasteiger partial charge in [-0.15, -0.1) is 0 Å². The van der Waals surface area contributed by atoms with E-state index in [0.29, 0.717) is 0 Å². The third kappa shape index (κ3) is 2.13. The van der Waals surface area contributed by atoms with Gasteiger partial charge in [-0.2, -0.15) is 0 Å². The molecular formula is C15H12ClN3. The molecule has 2 N–H and O–H groups in total. The molecule has 1 aromatic heterocycles. The largest absolute Gasteiger partial charge is 0.368 e. The zero-order valence-electron chi connectivity index (χ0n) is 10.4. The number of hydrogen-bond donors (Lipinski definition) is 1. The Morgan fingerprint density at radius 1 is 1.00 bits per heavy atom. The van der Waals surface area contributed by atoms with Gasteiger partial charge in [0.25, 0.3) is 0 Å². The molecule has 0 unspecified atom stereocenters. The molecule has 0 radical (unpaired) electrons. The number of benzene rings is 2. The molecule has 0 saturated carbocycles. The number of halogens is 1. The van der Waals surface area contributed by atoms with Crippen molar-refractivity contribution in [3.8, 4) is 11.3 Å². The van der Waals surface area contributed by atoms with Gasteiger partial charge in [-0.1, -0.05) is 41.9 Å². The molecule has 4 heteroatoms. The van der Waals surface area contributed by atoms with Gasteiger partial charge in [-0.3, -0.25) is 0 Å². The average molecular weight is 270 g/mol. The fourth-order valence-corrected chi connectivity index (χ4v) is 2.44. The minimum Gasteiger partial charge on any atom is -0.368 e. The van der Waals surface area contributed by atoms with Crippen LogP contribution in [0.4, 0.5) is 5.95 Å². The number of nitrogen functional groups attached to an aromatic ring is 1. The smallest absolute Gasteiger partial charge is 0.220 e. The van der Waals surface area contributed by atoms with E-state index in [4.69, 9.17) is 17.3 Å². The number of anilines is 1. The van der Waals surface area contributed by atoms with E-state index in [1.165, 1.54) is 0 Å². The van der Waals surface area contributed by atoms with Gasteiger partial charge < -0.3 is 5.73 Å². The van der Waals surface area contributed by atoms with Crippen LogP contribution in [-0.4, -0.2) is 9.97 Å². The summed E-state index contributed by atoms with van der Waals surface area (Å²) in [5.41, 5.74) is 8.40. The van der Waals surface area contributed by atoms with E-state index in [2.05, 4.69) is 9.97 Å². The molecule has 0 fully saturated rings. The summed E-state index contributed by atoms with van der Waals surface area (Å²) in [6.07, 6.45) is 0. The molecule has 0 aliphatic carbocycles. The van der Waals surface area contributed by atoms with Crippen LogP contribution in [0.2, 0.25) is 5.02 Å². The van der Waals surface area contributed by atoms with E-state index in [1.807, 2.05) is 49.4 Å². The Morgan fingerprint density at radius 2 is 1.74 bits per heavy atom. The Labute approximate surface area is 116 Å². The van der Waals surface area contributed by atoms with Crippen molar-refractivity contribution < 1.29 is 0 Å². The van der Waals surface area contributed by atoms with Crippen LogP contribution in [0.25, 0.3) is 22.0 Å². The third-order valence-electron chi connectivity index (χ3n) is 3.02. The molecule has 0 aliphatic heterocycles. The van der Waals surface area contributed by atoms with Crippen molar-refractivity contribution in [2.75, 3.05) is 5.73 Å². The maximum absolute atomic E-state index is 6.22. The highest BCUT2D eigenvalue weighted by atomic mass is 35.5. The molecule has 0 amide bonds. The summed E-state index contributed by atoms with van der Waals surface area (Å²) >= 11 is 6.22. The number of nitrogens with zero attached hydrogens (tertiary/aromatic N) is 2. The molecule has 0 aliphatic rings. The number of fused-ring (bicyclic) bond motifs is 1. The molecule has 3 nitrogen and oxygen atoms in total. The third-order valence-corrected chi connectivity index (χ3v) is 3.35. The summed E-state index contributed by atoms with van der Waals surface area (Å²) in [4.78, 5) is 8.41. The van der Waals surface area contributed by atoms with Crippen molar-refractivity contribution in [1.82, 2.24) is 9.97 Å². The van der Waals surface area contributed by atoms with Gasteiger partial charge in [0, 0.05) is 21.7 Å². The number of aromatic nitrogens is 2. The lowest BCUT2D eigenvalue weighted by Gasteiger charge is -2.08. The van der Waals surface area contributed by atoms with Gasteiger partial charge in [0.05, 0.1) is 5.69 Å². The normalized spacial score (nSPS) is 10.8. The van der Waals surface area contributed by atoms with Gasteiger partial charge in [-0.25, -0.2) is 9.97 Å². The first kappa shape index (κ1) is 11.9. The minimum atomic E-state index is 0.286. The summed E-state index contributed by atoms with van der Waals surface area (Å²) in [5.74, 6) is 0.286. The van der Waals surface area contributed by atoms with E-state index >= 15 is 0 Å². The van der Waals surface area contributed by atoms with Gasteiger partial charge in [0.2, 0.25) is 5.95 Å². The Hall–Kier alpha value is -2.13. The van der Waals surface area contributed by atoms with Crippen molar-refractivity contribution >= 4 is 28.3 Å². The second-order valence-electron chi connectivity index (χ2n) is 4.39. The summed E-state index contributed by atoms with van der Waals surface area (Å²) in [7, 11) is 0. The maximum atomic E-state index is 6.22. The van der Waals surface area contributed by atoms with E-state index in [0.717, 1.165) is 32.7 Å².